The van der Waals surface area contributed by atoms with Gasteiger partial charge in [-0.15, -0.1) is 0 Å². The molecule has 4 heteroatoms. The largest absolute Gasteiger partial charge is 0.381 e. The highest BCUT2D eigenvalue weighted by molar-refractivity contribution is 9.10. The molecule has 0 aliphatic rings. The van der Waals surface area contributed by atoms with Crippen LogP contribution in [-0.4, -0.2) is 8.07 Å². The standard InChI is InChI=1S/C17H21BrFNSi/c1-12-9-16(19)15(18)10-17(12)20-11-13-5-7-14(8-6-13)21(2,3)4/h5-10,20H,11H2,1-4H3. The third-order valence-corrected chi connectivity index (χ3v) is 6.24. The summed E-state index contributed by atoms with van der Waals surface area (Å²) in [6.45, 7) is 9.69. The van der Waals surface area contributed by atoms with E-state index in [1.807, 2.05) is 6.92 Å². The Bertz CT molecular complexity index is 632. The third-order valence-electron chi connectivity index (χ3n) is 3.57. The van der Waals surface area contributed by atoms with Crippen molar-refractivity contribution in [2.75, 3.05) is 5.32 Å². The number of hydrogen-bond acceptors (Lipinski definition) is 1. The second-order valence-electron chi connectivity index (χ2n) is 6.38. The molecule has 2 aromatic rings. The van der Waals surface area contributed by atoms with E-state index < -0.39 is 8.07 Å². The Balaban J connectivity index is 2.08. The Morgan fingerprint density at radius 1 is 1.10 bits per heavy atom. The minimum atomic E-state index is -1.23. The van der Waals surface area contributed by atoms with Crippen molar-refractivity contribution in [3.63, 3.8) is 0 Å². The van der Waals surface area contributed by atoms with E-state index in [-0.39, 0.29) is 5.82 Å². The molecular weight excluding hydrogens is 345 g/mol. The molecule has 1 nitrogen and oxygen atoms in total. The minimum absolute atomic E-state index is 0.225. The monoisotopic (exact) mass is 365 g/mol. The Hall–Kier alpha value is -1.13. The molecule has 0 amide bonds. The van der Waals surface area contributed by atoms with Crippen molar-refractivity contribution in [3.05, 3.63) is 57.8 Å². The molecule has 21 heavy (non-hydrogen) atoms. The normalized spacial score (nSPS) is 11.5. The van der Waals surface area contributed by atoms with Crippen LogP contribution in [-0.2, 0) is 6.54 Å². The van der Waals surface area contributed by atoms with Gasteiger partial charge >= 0.3 is 0 Å². The van der Waals surface area contributed by atoms with Gasteiger partial charge in [-0.25, -0.2) is 4.39 Å². The van der Waals surface area contributed by atoms with E-state index in [0.717, 1.165) is 17.8 Å². The van der Waals surface area contributed by atoms with Crippen LogP contribution in [0.5, 0.6) is 0 Å². The van der Waals surface area contributed by atoms with Crippen molar-refractivity contribution in [1.82, 2.24) is 0 Å². The van der Waals surface area contributed by atoms with Gasteiger partial charge in [-0.2, -0.15) is 0 Å². The van der Waals surface area contributed by atoms with Crippen LogP contribution in [0.15, 0.2) is 40.9 Å². The van der Waals surface area contributed by atoms with Crippen molar-refractivity contribution in [1.29, 1.82) is 0 Å². The molecule has 0 spiro atoms. The van der Waals surface area contributed by atoms with Gasteiger partial charge in [0.15, 0.2) is 0 Å². The van der Waals surface area contributed by atoms with Crippen molar-refractivity contribution >= 4 is 34.9 Å². The van der Waals surface area contributed by atoms with Crippen LogP contribution in [0.4, 0.5) is 10.1 Å². The molecule has 0 heterocycles. The molecule has 0 aliphatic carbocycles. The number of nitrogens with one attached hydrogen (secondary N) is 1. The lowest BCUT2D eigenvalue weighted by Gasteiger charge is -2.17. The summed E-state index contributed by atoms with van der Waals surface area (Å²) in [6, 6.07) is 12.2. The topological polar surface area (TPSA) is 12.0 Å². The quantitative estimate of drug-likeness (QED) is 0.747. The summed E-state index contributed by atoms with van der Waals surface area (Å²) in [7, 11) is -1.23. The average Bonchev–Trinajstić information content (AvgIpc) is 2.41. The molecule has 1 N–H and O–H groups in total. The van der Waals surface area contributed by atoms with Gasteiger partial charge in [-0.3, -0.25) is 0 Å². The first-order chi connectivity index (χ1) is 9.77. The van der Waals surface area contributed by atoms with Crippen molar-refractivity contribution < 1.29 is 4.39 Å². The van der Waals surface area contributed by atoms with Gasteiger partial charge in [0.05, 0.1) is 12.5 Å². The highest BCUT2D eigenvalue weighted by atomic mass is 79.9. The molecule has 0 radical (unpaired) electrons. The Labute approximate surface area is 135 Å². The molecule has 0 unspecified atom stereocenters. The lowest BCUT2D eigenvalue weighted by atomic mass is 10.1. The number of rotatable bonds is 4. The van der Waals surface area contributed by atoms with E-state index in [0.29, 0.717) is 4.47 Å². The van der Waals surface area contributed by atoms with Crippen molar-refractivity contribution in [3.8, 4) is 0 Å². The number of halogens is 2. The number of hydrogen-bond donors (Lipinski definition) is 1. The van der Waals surface area contributed by atoms with Crippen LogP contribution >= 0.6 is 15.9 Å². The summed E-state index contributed by atoms with van der Waals surface area (Å²) in [6.07, 6.45) is 0. The predicted octanol–water partition coefficient (Wildman–Crippen LogP) is 5.05. The second-order valence-corrected chi connectivity index (χ2v) is 12.3. The first kappa shape index (κ1) is 16.2. The van der Waals surface area contributed by atoms with E-state index in [1.54, 1.807) is 12.1 Å². The molecule has 0 bridgehead atoms. The first-order valence-corrected chi connectivity index (χ1v) is 11.4. The van der Waals surface area contributed by atoms with E-state index in [4.69, 9.17) is 0 Å². The van der Waals surface area contributed by atoms with Gasteiger partial charge in [0, 0.05) is 12.2 Å². The highest BCUT2D eigenvalue weighted by Gasteiger charge is 2.15. The van der Waals surface area contributed by atoms with Gasteiger partial charge in [0.1, 0.15) is 5.82 Å². The SMILES string of the molecule is Cc1cc(F)c(Br)cc1NCc1ccc([Si](C)(C)C)cc1. The van der Waals surface area contributed by atoms with E-state index in [2.05, 4.69) is 65.2 Å². The fourth-order valence-corrected chi connectivity index (χ4v) is 3.67. The van der Waals surface area contributed by atoms with Crippen LogP contribution in [0, 0.1) is 12.7 Å². The Morgan fingerprint density at radius 3 is 2.29 bits per heavy atom. The van der Waals surface area contributed by atoms with Crippen LogP contribution < -0.4 is 10.5 Å². The van der Waals surface area contributed by atoms with Gasteiger partial charge in [-0.1, -0.05) is 49.1 Å². The van der Waals surface area contributed by atoms with Crippen LogP contribution in [0.2, 0.25) is 19.6 Å². The van der Waals surface area contributed by atoms with E-state index >= 15 is 0 Å². The molecule has 2 rings (SSSR count). The van der Waals surface area contributed by atoms with Crippen LogP contribution in [0.1, 0.15) is 11.1 Å². The summed E-state index contributed by atoms with van der Waals surface area (Å²) in [4.78, 5) is 0. The maximum Gasteiger partial charge on any atom is 0.137 e. The van der Waals surface area contributed by atoms with Gasteiger partial charge in [0.2, 0.25) is 0 Å². The third kappa shape index (κ3) is 4.17. The molecule has 2 aromatic carbocycles. The maximum atomic E-state index is 13.4. The summed E-state index contributed by atoms with van der Waals surface area (Å²) in [5.74, 6) is -0.225. The molecule has 0 saturated heterocycles. The number of anilines is 1. The second kappa shape index (κ2) is 6.32. The highest BCUT2D eigenvalue weighted by Crippen LogP contribution is 2.24. The van der Waals surface area contributed by atoms with Crippen molar-refractivity contribution in [2.24, 2.45) is 0 Å². The first-order valence-electron chi connectivity index (χ1n) is 7.06. The van der Waals surface area contributed by atoms with Crippen LogP contribution in [0.3, 0.4) is 0 Å². The number of benzene rings is 2. The zero-order valence-corrected chi connectivity index (χ0v) is 15.5. The maximum absolute atomic E-state index is 13.4. The summed E-state index contributed by atoms with van der Waals surface area (Å²) in [5, 5.41) is 4.83. The van der Waals surface area contributed by atoms with Gasteiger partial charge in [0.25, 0.3) is 0 Å². The average molecular weight is 366 g/mol. The lowest BCUT2D eigenvalue weighted by molar-refractivity contribution is 0.620. The van der Waals surface area contributed by atoms with E-state index in [1.165, 1.54) is 10.8 Å². The molecule has 0 aliphatic heterocycles. The molecule has 0 atom stereocenters. The molecule has 0 fully saturated rings. The molecule has 0 aromatic heterocycles. The fourth-order valence-electron chi connectivity index (χ4n) is 2.16. The summed E-state index contributed by atoms with van der Waals surface area (Å²) >= 11 is 3.23. The lowest BCUT2D eigenvalue weighted by Crippen LogP contribution is -2.37. The Morgan fingerprint density at radius 2 is 1.71 bits per heavy atom. The summed E-state index contributed by atoms with van der Waals surface area (Å²) < 4.78 is 13.9. The minimum Gasteiger partial charge on any atom is -0.381 e. The zero-order chi connectivity index (χ0) is 15.6. The zero-order valence-electron chi connectivity index (χ0n) is 12.9. The van der Waals surface area contributed by atoms with Gasteiger partial charge in [-0.05, 0) is 46.1 Å². The summed E-state index contributed by atoms with van der Waals surface area (Å²) in [5.41, 5.74) is 3.10. The van der Waals surface area contributed by atoms with Crippen molar-refractivity contribution in [2.45, 2.75) is 33.1 Å². The smallest absolute Gasteiger partial charge is 0.137 e. The molecule has 0 saturated carbocycles. The van der Waals surface area contributed by atoms with Crippen LogP contribution in [0.25, 0.3) is 0 Å². The molecular formula is C17H21BrFNSi. The number of aryl methyl sites for hydroxylation is 1. The Kier molecular flexibility index (Phi) is 4.89. The van der Waals surface area contributed by atoms with Gasteiger partial charge < -0.3 is 5.32 Å². The predicted molar refractivity (Wildman–Crippen MR) is 95.6 cm³/mol. The van der Waals surface area contributed by atoms with E-state index in [9.17, 15) is 4.39 Å². The fraction of sp³-hybridized carbons (Fsp3) is 0.294. The molecule has 112 valence electrons.